The van der Waals surface area contributed by atoms with Gasteiger partial charge in [0.2, 0.25) is 5.91 Å². The van der Waals surface area contributed by atoms with Crippen molar-refractivity contribution < 1.29 is 79.5 Å². The standard InChI is InChI=1S/C43H69NO16/c1-2-3-4-5-6-7-8-9-10-11-12-13-14-15-16-17-18-19-20-21-32(48)44-22-23-56-43-41(57-29-24-28(25-45)33(49)37(53)34(29)50)40(36(52)31(27-47)59-43)60-42-39(55)38(54)35(51)30(26-46)58-42/h3-4,6-7,9-10,12-13,15-16,18-19,28-31,33-43,45-47,49-55H,2,5,8,11,14,17,20-27H2,1H3,(H,44,48)/b4-3-,7-6-,10-9-,13-12-,16-15-,19-18-/t28-,29-,30-,31-,33-,34+,35-,36-,37+,38+,39-,40+,41-,42+,43-/m1/s1. The first-order chi connectivity index (χ1) is 29.0. The Kier molecular flexibility index (Phi) is 24.8. The Morgan fingerprint density at radius 2 is 1.10 bits per heavy atom. The Labute approximate surface area is 352 Å². The van der Waals surface area contributed by atoms with Crippen LogP contribution in [0.15, 0.2) is 72.9 Å². The van der Waals surface area contributed by atoms with E-state index in [0.29, 0.717) is 6.42 Å². The third-order valence-electron chi connectivity index (χ3n) is 10.4. The molecule has 17 nitrogen and oxygen atoms in total. The topological polar surface area (TPSA) is 278 Å². The molecule has 0 aromatic heterocycles. The van der Waals surface area contributed by atoms with Crippen molar-refractivity contribution in [1.82, 2.24) is 5.32 Å². The Balaban J connectivity index is 1.50. The van der Waals surface area contributed by atoms with Gasteiger partial charge >= 0.3 is 0 Å². The summed E-state index contributed by atoms with van der Waals surface area (Å²) in [5.41, 5.74) is 0. The third kappa shape index (κ3) is 16.5. The van der Waals surface area contributed by atoms with Gasteiger partial charge in [0, 0.05) is 25.5 Å². The Morgan fingerprint density at radius 1 is 0.583 bits per heavy atom. The summed E-state index contributed by atoms with van der Waals surface area (Å²) < 4.78 is 29.2. The van der Waals surface area contributed by atoms with Gasteiger partial charge in [-0.1, -0.05) is 79.8 Å². The lowest BCUT2D eigenvalue weighted by molar-refractivity contribution is -0.371. The maximum absolute atomic E-state index is 12.5. The van der Waals surface area contributed by atoms with Crippen LogP contribution in [0.5, 0.6) is 0 Å². The van der Waals surface area contributed by atoms with Gasteiger partial charge in [0.1, 0.15) is 61.0 Å². The zero-order valence-electron chi connectivity index (χ0n) is 34.4. The fraction of sp³-hybridized carbons (Fsp3) is 0.698. The zero-order chi connectivity index (χ0) is 43.9. The summed E-state index contributed by atoms with van der Waals surface area (Å²) in [6, 6.07) is 0. The van der Waals surface area contributed by atoms with Crippen LogP contribution < -0.4 is 5.32 Å². The van der Waals surface area contributed by atoms with Gasteiger partial charge in [0.25, 0.3) is 0 Å². The molecule has 1 amide bonds. The lowest BCUT2D eigenvalue weighted by Gasteiger charge is -2.49. The van der Waals surface area contributed by atoms with Gasteiger partial charge in [-0.25, -0.2) is 0 Å². The maximum Gasteiger partial charge on any atom is 0.220 e. The fourth-order valence-electron chi connectivity index (χ4n) is 6.92. The molecule has 60 heavy (non-hydrogen) atoms. The summed E-state index contributed by atoms with van der Waals surface area (Å²) in [7, 11) is 0. The summed E-state index contributed by atoms with van der Waals surface area (Å²) >= 11 is 0. The molecule has 2 heterocycles. The molecule has 3 fully saturated rings. The third-order valence-corrected chi connectivity index (χ3v) is 10.4. The second-order valence-electron chi connectivity index (χ2n) is 15.0. The van der Waals surface area contributed by atoms with Gasteiger partial charge in [-0.15, -0.1) is 0 Å². The number of nitrogens with one attached hydrogen (secondary N) is 1. The Hall–Kier alpha value is -2.69. The molecule has 11 N–H and O–H groups in total. The van der Waals surface area contributed by atoms with Crippen molar-refractivity contribution >= 4 is 5.91 Å². The average Bonchev–Trinajstić information content (AvgIpc) is 3.24. The van der Waals surface area contributed by atoms with Crippen LogP contribution in [-0.4, -0.2) is 176 Å². The molecular weight excluding hydrogens is 786 g/mol. The normalized spacial score (nSPS) is 35.6. The highest BCUT2D eigenvalue weighted by Crippen LogP contribution is 2.35. The molecule has 0 aromatic carbocycles. The summed E-state index contributed by atoms with van der Waals surface area (Å²) in [4.78, 5) is 12.5. The molecular formula is C43H69NO16. The van der Waals surface area contributed by atoms with Crippen molar-refractivity contribution in [3.8, 4) is 0 Å². The minimum atomic E-state index is -1.88. The van der Waals surface area contributed by atoms with Crippen molar-refractivity contribution in [3.63, 3.8) is 0 Å². The lowest BCUT2D eigenvalue weighted by Crippen LogP contribution is -2.66. The molecule has 3 rings (SSSR count). The molecule has 0 spiro atoms. The number of hydrogen-bond acceptors (Lipinski definition) is 16. The van der Waals surface area contributed by atoms with Crippen molar-refractivity contribution in [1.29, 1.82) is 0 Å². The molecule has 2 saturated heterocycles. The first kappa shape index (κ1) is 51.7. The van der Waals surface area contributed by atoms with Gasteiger partial charge in [0.05, 0.1) is 32.0 Å². The largest absolute Gasteiger partial charge is 0.396 e. The Morgan fingerprint density at radius 3 is 1.65 bits per heavy atom. The van der Waals surface area contributed by atoms with E-state index in [1.165, 1.54) is 0 Å². The highest BCUT2D eigenvalue weighted by atomic mass is 16.7. The highest BCUT2D eigenvalue weighted by molar-refractivity contribution is 5.75. The second kappa shape index (κ2) is 28.8. The van der Waals surface area contributed by atoms with E-state index in [1.54, 1.807) is 0 Å². The van der Waals surface area contributed by atoms with Crippen LogP contribution in [0.2, 0.25) is 0 Å². The van der Waals surface area contributed by atoms with E-state index in [2.05, 4.69) is 73.0 Å². The van der Waals surface area contributed by atoms with Crippen molar-refractivity contribution in [2.45, 2.75) is 151 Å². The molecule has 1 saturated carbocycles. The van der Waals surface area contributed by atoms with E-state index in [1.807, 2.05) is 12.2 Å². The van der Waals surface area contributed by atoms with Crippen LogP contribution in [-0.2, 0) is 28.5 Å². The van der Waals surface area contributed by atoms with Crippen LogP contribution in [0.1, 0.15) is 64.7 Å². The second-order valence-corrected chi connectivity index (χ2v) is 15.0. The minimum Gasteiger partial charge on any atom is -0.396 e. The van der Waals surface area contributed by atoms with Gasteiger partial charge in [-0.05, 0) is 51.4 Å². The number of amides is 1. The van der Waals surface area contributed by atoms with Crippen LogP contribution >= 0.6 is 0 Å². The van der Waals surface area contributed by atoms with E-state index in [4.69, 9.17) is 23.7 Å². The average molecular weight is 856 g/mol. The number of carbonyl (C=O) groups excluding carboxylic acids is 1. The predicted molar refractivity (Wildman–Crippen MR) is 219 cm³/mol. The molecule has 1 aliphatic carbocycles. The van der Waals surface area contributed by atoms with E-state index >= 15 is 0 Å². The van der Waals surface area contributed by atoms with E-state index < -0.39 is 112 Å². The minimum absolute atomic E-state index is 0.00326. The van der Waals surface area contributed by atoms with Gasteiger partial charge in [-0.3, -0.25) is 4.79 Å². The van der Waals surface area contributed by atoms with Crippen LogP contribution in [0.25, 0.3) is 0 Å². The number of hydrogen-bond donors (Lipinski definition) is 11. The molecule has 17 heteroatoms. The van der Waals surface area contributed by atoms with Crippen LogP contribution in [0.4, 0.5) is 0 Å². The molecule has 0 aromatic rings. The highest BCUT2D eigenvalue weighted by Gasteiger charge is 2.54. The van der Waals surface area contributed by atoms with Gasteiger partial charge in [-0.2, -0.15) is 0 Å². The SMILES string of the molecule is CC/C=C\C/C=C\C/C=C\C/C=C\C/C=C\C/C=C\CCC(=O)NCCO[C@@H]1O[C@H](CO)[C@@H](O)[C@H](O[C@@H]2O[C@H](CO)[C@@H](O)[C@H](O)[C@H]2O)[C@H]1O[C@@H]1C[C@H](CO)[C@@H](O)[C@H](O)[C@H]1O. The number of aliphatic hydroxyl groups excluding tert-OH is 10. The number of rotatable bonds is 25. The number of ether oxygens (including phenoxy) is 5. The van der Waals surface area contributed by atoms with Gasteiger partial charge in [0.15, 0.2) is 12.6 Å². The monoisotopic (exact) mass is 855 g/mol. The molecule has 0 unspecified atom stereocenters. The van der Waals surface area contributed by atoms with Crippen molar-refractivity contribution in [2.75, 3.05) is 33.0 Å². The molecule has 342 valence electrons. The molecule has 2 aliphatic heterocycles. The van der Waals surface area contributed by atoms with Crippen LogP contribution in [0, 0.1) is 5.92 Å². The summed E-state index contributed by atoms with van der Waals surface area (Å²) in [5, 5.41) is 106. The zero-order valence-corrected chi connectivity index (χ0v) is 34.4. The molecule has 15 atom stereocenters. The smallest absolute Gasteiger partial charge is 0.220 e. The number of carbonyl (C=O) groups is 1. The van der Waals surface area contributed by atoms with E-state index in [-0.39, 0.29) is 31.9 Å². The quantitative estimate of drug-likeness (QED) is 0.0416. The predicted octanol–water partition coefficient (Wildman–Crippen LogP) is -0.291. The summed E-state index contributed by atoms with van der Waals surface area (Å²) in [6.07, 6.45) is 8.78. The fourth-order valence-corrected chi connectivity index (χ4v) is 6.92. The van der Waals surface area contributed by atoms with Crippen LogP contribution in [0.3, 0.4) is 0 Å². The molecule has 0 radical (unpaired) electrons. The van der Waals surface area contributed by atoms with Crippen molar-refractivity contribution in [2.24, 2.45) is 5.92 Å². The summed E-state index contributed by atoms with van der Waals surface area (Å²) in [5.74, 6) is -1.17. The molecule has 3 aliphatic rings. The van der Waals surface area contributed by atoms with Crippen molar-refractivity contribution in [3.05, 3.63) is 72.9 Å². The molecule has 0 bridgehead atoms. The number of allylic oxidation sites excluding steroid dienone is 12. The number of aliphatic hydroxyl groups is 10. The van der Waals surface area contributed by atoms with Gasteiger partial charge < -0.3 is 80.1 Å². The first-order valence-electron chi connectivity index (χ1n) is 21.0. The first-order valence-corrected chi connectivity index (χ1v) is 21.0. The maximum atomic E-state index is 12.5. The Bertz CT molecular complexity index is 1370. The van der Waals surface area contributed by atoms with E-state index in [0.717, 1.165) is 38.5 Å². The van der Waals surface area contributed by atoms with E-state index in [9.17, 15) is 55.9 Å². The lowest BCUT2D eigenvalue weighted by atomic mass is 9.81. The summed E-state index contributed by atoms with van der Waals surface area (Å²) in [6.45, 7) is -0.134.